The molecule has 2 fully saturated rings. The van der Waals surface area contributed by atoms with E-state index in [1.807, 2.05) is 0 Å². The van der Waals surface area contributed by atoms with Gasteiger partial charge in [0.1, 0.15) is 5.69 Å². The van der Waals surface area contributed by atoms with Gasteiger partial charge < -0.3 is 10.2 Å². The summed E-state index contributed by atoms with van der Waals surface area (Å²) in [6.45, 7) is 0.984. The van der Waals surface area contributed by atoms with Crippen LogP contribution in [0.25, 0.3) is 10.9 Å². The lowest BCUT2D eigenvalue weighted by molar-refractivity contribution is -0.122. The molecule has 2 aliphatic rings. The average molecular weight is 397 g/mol. The minimum Gasteiger partial charge on any atom is -0.349 e. The third-order valence-electron chi connectivity index (χ3n) is 5.75. The first kappa shape index (κ1) is 19.3. The van der Waals surface area contributed by atoms with Gasteiger partial charge in [-0.3, -0.25) is 9.59 Å². The number of carbonyl (C=O) groups is 2. The Kier molecular flexibility index (Phi) is 4.95. The molecule has 1 saturated heterocycles. The van der Waals surface area contributed by atoms with Crippen LogP contribution < -0.4 is 5.32 Å². The number of unbranched alkanes of at least 4 members (excludes halogenated alkanes) is 2. The molecule has 0 spiro atoms. The molecule has 2 heterocycles. The molecule has 2 amide bonds. The Labute approximate surface area is 167 Å². The second kappa shape index (κ2) is 7.43. The van der Waals surface area contributed by atoms with E-state index in [1.54, 1.807) is 11.0 Å². The van der Waals surface area contributed by atoms with Crippen LogP contribution in [0.3, 0.4) is 0 Å². The van der Waals surface area contributed by atoms with Crippen LogP contribution in [-0.2, 0) is 4.79 Å². The summed E-state index contributed by atoms with van der Waals surface area (Å²) in [4.78, 5) is 30.9. The Balaban J connectivity index is 1.40. The van der Waals surface area contributed by atoms with E-state index < -0.39 is 11.6 Å². The number of terminal acetylenes is 1. The summed E-state index contributed by atoms with van der Waals surface area (Å²) in [6.07, 6.45) is 8.74. The van der Waals surface area contributed by atoms with Crippen molar-refractivity contribution in [1.82, 2.24) is 15.2 Å². The van der Waals surface area contributed by atoms with Gasteiger partial charge in [-0.25, -0.2) is 13.8 Å². The number of fused-ring (bicyclic) bond motifs is 2. The Morgan fingerprint density at radius 2 is 2.07 bits per heavy atom. The summed E-state index contributed by atoms with van der Waals surface area (Å²) in [7, 11) is 0. The van der Waals surface area contributed by atoms with E-state index in [1.165, 1.54) is 6.07 Å². The van der Waals surface area contributed by atoms with Crippen molar-refractivity contribution in [2.24, 2.45) is 5.92 Å². The molecule has 29 heavy (non-hydrogen) atoms. The number of hydrogen-bond acceptors (Lipinski definition) is 3. The fourth-order valence-electron chi connectivity index (χ4n) is 4.08. The van der Waals surface area contributed by atoms with Crippen molar-refractivity contribution in [3.63, 3.8) is 0 Å². The van der Waals surface area contributed by atoms with Crippen molar-refractivity contribution in [2.45, 2.75) is 37.6 Å². The first-order valence-corrected chi connectivity index (χ1v) is 9.71. The van der Waals surface area contributed by atoms with Gasteiger partial charge in [0.2, 0.25) is 5.91 Å². The van der Waals surface area contributed by atoms with Crippen LogP contribution >= 0.6 is 0 Å². The van der Waals surface area contributed by atoms with E-state index in [9.17, 15) is 18.4 Å². The maximum atomic E-state index is 13.5. The number of amides is 2. The van der Waals surface area contributed by atoms with Crippen LogP contribution in [0.1, 0.15) is 42.6 Å². The lowest BCUT2D eigenvalue weighted by Gasteiger charge is -2.21. The molecule has 1 aliphatic carbocycles. The van der Waals surface area contributed by atoms with Crippen molar-refractivity contribution in [3.05, 3.63) is 41.6 Å². The summed E-state index contributed by atoms with van der Waals surface area (Å²) in [5.74, 6) is 0.570. The highest BCUT2D eigenvalue weighted by Gasteiger charge is 2.61. The van der Waals surface area contributed by atoms with Crippen LogP contribution in [0, 0.1) is 29.9 Å². The number of rotatable bonds is 6. The minimum atomic E-state index is -0.999. The van der Waals surface area contributed by atoms with E-state index >= 15 is 0 Å². The Bertz CT molecular complexity index is 1030. The normalized spacial score (nSPS) is 22.2. The number of hydrogen-bond donors (Lipinski definition) is 1. The molecular weight excluding hydrogens is 376 g/mol. The highest BCUT2D eigenvalue weighted by atomic mass is 19.2. The molecule has 2 aromatic rings. The van der Waals surface area contributed by atoms with Crippen molar-refractivity contribution in [1.29, 1.82) is 0 Å². The van der Waals surface area contributed by atoms with Crippen LogP contribution in [0.2, 0.25) is 0 Å². The van der Waals surface area contributed by atoms with Crippen molar-refractivity contribution >= 4 is 22.7 Å². The van der Waals surface area contributed by atoms with Crippen molar-refractivity contribution in [2.75, 3.05) is 13.1 Å². The molecule has 0 bridgehead atoms. The maximum Gasteiger partial charge on any atom is 0.272 e. The Morgan fingerprint density at radius 3 is 2.86 bits per heavy atom. The number of aromatic nitrogens is 1. The molecular formula is C22H21F2N3O2. The molecule has 4 rings (SSSR count). The zero-order valence-electron chi connectivity index (χ0n) is 15.9. The van der Waals surface area contributed by atoms with Gasteiger partial charge in [-0.1, -0.05) is 6.07 Å². The van der Waals surface area contributed by atoms with Gasteiger partial charge in [0.15, 0.2) is 11.6 Å². The zero-order valence-corrected chi connectivity index (χ0v) is 15.9. The SMILES string of the molecule is C#CCCCCC(=O)N[C@]12C[C@H]1CN(C(=O)c1ccc3cc(F)c(F)cc3n1)C2. The van der Waals surface area contributed by atoms with Crippen LogP contribution in [0.15, 0.2) is 24.3 Å². The fraction of sp³-hybridized carbons (Fsp3) is 0.409. The lowest BCUT2D eigenvalue weighted by atomic mass is 10.1. The first-order valence-electron chi connectivity index (χ1n) is 9.71. The second-order valence-corrected chi connectivity index (χ2v) is 7.86. The number of benzene rings is 1. The molecule has 7 heteroatoms. The van der Waals surface area contributed by atoms with E-state index in [-0.39, 0.29) is 34.5 Å². The number of likely N-dealkylation sites (tertiary alicyclic amines) is 1. The quantitative estimate of drug-likeness (QED) is 0.602. The van der Waals surface area contributed by atoms with Gasteiger partial charge in [-0.2, -0.15) is 0 Å². The minimum absolute atomic E-state index is 0.0137. The molecule has 1 aliphatic heterocycles. The summed E-state index contributed by atoms with van der Waals surface area (Å²) >= 11 is 0. The molecule has 0 radical (unpaired) electrons. The summed E-state index contributed by atoms with van der Waals surface area (Å²) < 4.78 is 26.8. The highest BCUT2D eigenvalue weighted by molar-refractivity contribution is 5.95. The number of nitrogens with one attached hydrogen (secondary N) is 1. The summed E-state index contributed by atoms with van der Waals surface area (Å²) in [5, 5.41) is 3.52. The predicted molar refractivity (Wildman–Crippen MR) is 104 cm³/mol. The molecule has 1 aromatic heterocycles. The van der Waals surface area contributed by atoms with Gasteiger partial charge in [0, 0.05) is 43.3 Å². The smallest absolute Gasteiger partial charge is 0.272 e. The summed E-state index contributed by atoms with van der Waals surface area (Å²) in [5.41, 5.74) is 0.0694. The first-order chi connectivity index (χ1) is 13.9. The monoisotopic (exact) mass is 397 g/mol. The van der Waals surface area contributed by atoms with Crippen LogP contribution in [0.5, 0.6) is 0 Å². The molecule has 1 N–H and O–H groups in total. The van der Waals surface area contributed by atoms with E-state index in [4.69, 9.17) is 6.42 Å². The van der Waals surface area contributed by atoms with Gasteiger partial charge in [0.05, 0.1) is 11.1 Å². The molecule has 1 aromatic carbocycles. The number of piperidine rings is 1. The highest BCUT2D eigenvalue weighted by Crippen LogP contribution is 2.49. The number of carbonyl (C=O) groups excluding carboxylic acids is 2. The van der Waals surface area contributed by atoms with E-state index in [2.05, 4.69) is 16.2 Å². The lowest BCUT2D eigenvalue weighted by Crippen LogP contribution is -2.43. The molecule has 2 atom stereocenters. The third-order valence-corrected chi connectivity index (χ3v) is 5.75. The van der Waals surface area contributed by atoms with Gasteiger partial charge in [-0.05, 0) is 31.4 Å². The number of halogens is 2. The second-order valence-electron chi connectivity index (χ2n) is 7.86. The van der Waals surface area contributed by atoms with Crippen molar-refractivity contribution < 1.29 is 18.4 Å². The molecule has 5 nitrogen and oxygen atoms in total. The van der Waals surface area contributed by atoms with Gasteiger partial charge in [0.25, 0.3) is 5.91 Å². The number of nitrogens with zero attached hydrogens (tertiary/aromatic N) is 2. The van der Waals surface area contributed by atoms with Crippen LogP contribution in [-0.4, -0.2) is 40.3 Å². The number of pyridine rings is 1. The molecule has 150 valence electrons. The topological polar surface area (TPSA) is 62.3 Å². The Hall–Kier alpha value is -3.01. The standard InChI is InChI=1S/C22H21F2N3O2/c1-2-3-4-5-6-20(28)26-22-11-15(22)12-27(13-22)21(29)18-8-7-14-9-16(23)17(24)10-19(14)25-18/h1,7-10,15H,3-6,11-13H2,(H,26,28)/t15-,22-/m0/s1. The van der Waals surface area contributed by atoms with E-state index in [0.29, 0.717) is 31.3 Å². The molecule has 0 unspecified atom stereocenters. The van der Waals surface area contributed by atoms with Crippen LogP contribution in [0.4, 0.5) is 8.78 Å². The maximum absolute atomic E-state index is 13.5. The summed E-state index contributed by atoms with van der Waals surface area (Å²) in [6, 6.07) is 5.13. The van der Waals surface area contributed by atoms with Gasteiger partial charge >= 0.3 is 0 Å². The average Bonchev–Trinajstić information content (AvgIpc) is 3.23. The molecule has 1 saturated carbocycles. The third kappa shape index (κ3) is 3.80. The zero-order chi connectivity index (χ0) is 20.6. The van der Waals surface area contributed by atoms with Gasteiger partial charge in [-0.15, -0.1) is 12.3 Å². The van der Waals surface area contributed by atoms with E-state index in [0.717, 1.165) is 31.4 Å². The largest absolute Gasteiger partial charge is 0.349 e. The fourth-order valence-corrected chi connectivity index (χ4v) is 4.08. The van der Waals surface area contributed by atoms with Crippen molar-refractivity contribution in [3.8, 4) is 12.3 Å². The predicted octanol–water partition coefficient (Wildman–Crippen LogP) is 3.04. The Morgan fingerprint density at radius 1 is 1.28 bits per heavy atom.